The number of hydrogen-bond donors (Lipinski definition) is 0. The smallest absolute Gasteiger partial charge is 0.207 e. The lowest BCUT2D eigenvalue weighted by atomic mass is 10.2. The van der Waals surface area contributed by atoms with Crippen LogP contribution in [-0.2, 0) is 10.0 Å². The lowest BCUT2D eigenvalue weighted by Crippen LogP contribution is -2.43. The number of halogens is 2. The van der Waals surface area contributed by atoms with Crippen molar-refractivity contribution in [1.82, 2.24) is 4.31 Å². The number of nitrogens with zero attached hydrogens (tertiary/aromatic N) is 1. The Labute approximate surface area is 128 Å². The molecule has 6 heteroatoms. The molecule has 1 saturated carbocycles. The molecule has 0 unspecified atom stereocenters. The predicted octanol–water partition coefficient (Wildman–Crippen LogP) is 3.93. The lowest BCUT2D eigenvalue weighted by Gasteiger charge is -2.31. The number of sulfonamides is 1. The molecule has 0 N–H and O–H groups in total. The number of benzene rings is 1. The van der Waals surface area contributed by atoms with Gasteiger partial charge in [-0.2, -0.15) is 4.31 Å². The molecule has 1 aliphatic carbocycles. The second-order valence-electron chi connectivity index (χ2n) is 5.44. The molecule has 1 fully saturated rings. The molecule has 1 aromatic carbocycles. The average Bonchev–Trinajstić information content (AvgIpc) is 2.84. The largest absolute Gasteiger partial charge is 0.246 e. The van der Waals surface area contributed by atoms with E-state index in [1.807, 2.05) is 13.8 Å². The molecule has 2 rings (SSSR count). The van der Waals surface area contributed by atoms with Gasteiger partial charge in [0.15, 0.2) is 0 Å². The molecule has 112 valence electrons. The minimum Gasteiger partial charge on any atom is -0.207 e. The Bertz CT molecular complexity index is 583. The standard InChI is InChI=1S/C14H19BrFNO2S/c1-10(2)17(12-5-3-4-6-12)20(18,19)14-9-11(15)7-8-13(14)16/h7-10,12H,3-6H2,1-2H3. The van der Waals surface area contributed by atoms with Crippen molar-refractivity contribution >= 4 is 26.0 Å². The first-order valence-corrected chi connectivity index (χ1v) is 9.06. The van der Waals surface area contributed by atoms with E-state index in [0.717, 1.165) is 25.7 Å². The summed E-state index contributed by atoms with van der Waals surface area (Å²) in [5.74, 6) is -0.697. The molecular formula is C14H19BrFNO2S. The minimum atomic E-state index is -3.81. The van der Waals surface area contributed by atoms with Crippen molar-refractivity contribution in [2.75, 3.05) is 0 Å². The molecular weight excluding hydrogens is 345 g/mol. The van der Waals surface area contributed by atoms with Crippen LogP contribution in [-0.4, -0.2) is 24.8 Å². The summed E-state index contributed by atoms with van der Waals surface area (Å²) in [6.45, 7) is 3.68. The minimum absolute atomic E-state index is 0.0154. The summed E-state index contributed by atoms with van der Waals surface area (Å²) in [6, 6.07) is 3.84. The van der Waals surface area contributed by atoms with Crippen LogP contribution in [0.4, 0.5) is 4.39 Å². The predicted molar refractivity (Wildman–Crippen MR) is 80.5 cm³/mol. The van der Waals surface area contributed by atoms with Crippen molar-refractivity contribution in [2.45, 2.75) is 56.5 Å². The van der Waals surface area contributed by atoms with Gasteiger partial charge in [0.05, 0.1) is 0 Å². The van der Waals surface area contributed by atoms with Crippen molar-refractivity contribution in [1.29, 1.82) is 0 Å². The maximum Gasteiger partial charge on any atom is 0.246 e. The third kappa shape index (κ3) is 3.07. The summed E-state index contributed by atoms with van der Waals surface area (Å²) in [4.78, 5) is -0.243. The Morgan fingerprint density at radius 2 is 1.90 bits per heavy atom. The van der Waals surface area contributed by atoms with E-state index in [-0.39, 0.29) is 17.0 Å². The van der Waals surface area contributed by atoms with Crippen molar-refractivity contribution < 1.29 is 12.8 Å². The van der Waals surface area contributed by atoms with Crippen LogP contribution >= 0.6 is 15.9 Å². The highest BCUT2D eigenvalue weighted by Crippen LogP contribution is 2.32. The second kappa shape index (κ2) is 6.12. The van der Waals surface area contributed by atoms with Gasteiger partial charge < -0.3 is 0 Å². The normalized spacial score (nSPS) is 17.3. The molecule has 0 radical (unpaired) electrons. The van der Waals surface area contributed by atoms with Crippen LogP contribution in [0.25, 0.3) is 0 Å². The van der Waals surface area contributed by atoms with E-state index in [0.29, 0.717) is 4.47 Å². The zero-order chi connectivity index (χ0) is 14.9. The van der Waals surface area contributed by atoms with E-state index < -0.39 is 15.8 Å². The Kier molecular flexibility index (Phi) is 4.87. The first-order chi connectivity index (χ1) is 9.34. The van der Waals surface area contributed by atoms with E-state index in [2.05, 4.69) is 15.9 Å². The molecule has 1 aromatic rings. The van der Waals surface area contributed by atoms with Gasteiger partial charge in [0, 0.05) is 16.6 Å². The van der Waals surface area contributed by atoms with Crippen LogP contribution in [0.2, 0.25) is 0 Å². The average molecular weight is 364 g/mol. The van der Waals surface area contributed by atoms with Crippen LogP contribution in [0, 0.1) is 5.82 Å². The van der Waals surface area contributed by atoms with Crippen LogP contribution in [0.5, 0.6) is 0 Å². The first-order valence-electron chi connectivity index (χ1n) is 6.82. The molecule has 0 bridgehead atoms. The van der Waals surface area contributed by atoms with Crippen molar-refractivity contribution in [3.05, 3.63) is 28.5 Å². The molecule has 0 saturated heterocycles. The summed E-state index contributed by atoms with van der Waals surface area (Å²) in [5, 5.41) is 0. The molecule has 3 nitrogen and oxygen atoms in total. The van der Waals surface area contributed by atoms with E-state index in [4.69, 9.17) is 0 Å². The van der Waals surface area contributed by atoms with Crippen LogP contribution < -0.4 is 0 Å². The highest BCUT2D eigenvalue weighted by molar-refractivity contribution is 9.10. The van der Waals surface area contributed by atoms with Gasteiger partial charge in [-0.3, -0.25) is 0 Å². The van der Waals surface area contributed by atoms with Crippen LogP contribution in [0.15, 0.2) is 27.6 Å². The molecule has 0 atom stereocenters. The molecule has 0 heterocycles. The summed E-state index contributed by atoms with van der Waals surface area (Å²) < 4.78 is 41.6. The Balaban J connectivity index is 2.47. The summed E-state index contributed by atoms with van der Waals surface area (Å²) >= 11 is 3.21. The maximum absolute atomic E-state index is 13.9. The fraction of sp³-hybridized carbons (Fsp3) is 0.571. The van der Waals surface area contributed by atoms with Gasteiger partial charge in [0.1, 0.15) is 10.7 Å². The zero-order valence-corrected chi connectivity index (χ0v) is 14.0. The van der Waals surface area contributed by atoms with E-state index in [9.17, 15) is 12.8 Å². The molecule has 1 aliphatic rings. The second-order valence-corrected chi connectivity index (χ2v) is 8.17. The molecule has 0 aromatic heterocycles. The van der Waals surface area contributed by atoms with E-state index >= 15 is 0 Å². The molecule has 0 spiro atoms. The third-order valence-corrected chi connectivity index (χ3v) is 6.28. The summed E-state index contributed by atoms with van der Waals surface area (Å²) in [6.07, 6.45) is 3.77. The Morgan fingerprint density at radius 1 is 1.30 bits per heavy atom. The van der Waals surface area contributed by atoms with E-state index in [1.165, 1.54) is 22.5 Å². The fourth-order valence-corrected chi connectivity index (χ4v) is 5.33. The monoisotopic (exact) mass is 363 g/mol. The first kappa shape index (κ1) is 15.9. The fourth-order valence-electron chi connectivity index (χ4n) is 2.84. The van der Waals surface area contributed by atoms with Gasteiger partial charge in [-0.05, 0) is 44.9 Å². The highest BCUT2D eigenvalue weighted by atomic mass is 79.9. The molecule has 0 amide bonds. The van der Waals surface area contributed by atoms with Crippen molar-refractivity contribution in [2.24, 2.45) is 0 Å². The zero-order valence-electron chi connectivity index (χ0n) is 11.6. The van der Waals surface area contributed by atoms with Gasteiger partial charge in [-0.1, -0.05) is 28.8 Å². The number of rotatable bonds is 4. The van der Waals surface area contributed by atoms with Crippen molar-refractivity contribution in [3.8, 4) is 0 Å². The van der Waals surface area contributed by atoms with Gasteiger partial charge in [0.2, 0.25) is 10.0 Å². The maximum atomic E-state index is 13.9. The summed E-state index contributed by atoms with van der Waals surface area (Å²) in [7, 11) is -3.81. The molecule has 20 heavy (non-hydrogen) atoms. The lowest BCUT2D eigenvalue weighted by molar-refractivity contribution is 0.274. The van der Waals surface area contributed by atoms with Gasteiger partial charge >= 0.3 is 0 Å². The summed E-state index contributed by atoms with van der Waals surface area (Å²) in [5.41, 5.74) is 0. The topological polar surface area (TPSA) is 37.4 Å². The van der Waals surface area contributed by atoms with E-state index in [1.54, 1.807) is 0 Å². The van der Waals surface area contributed by atoms with Gasteiger partial charge in [-0.25, -0.2) is 12.8 Å². The Hall–Kier alpha value is -0.460. The highest BCUT2D eigenvalue weighted by Gasteiger charge is 2.36. The third-order valence-electron chi connectivity index (χ3n) is 3.64. The van der Waals surface area contributed by atoms with Crippen molar-refractivity contribution in [3.63, 3.8) is 0 Å². The molecule has 0 aliphatic heterocycles. The van der Waals surface area contributed by atoms with Crippen LogP contribution in [0.3, 0.4) is 0 Å². The van der Waals surface area contributed by atoms with Gasteiger partial charge in [-0.15, -0.1) is 0 Å². The SMILES string of the molecule is CC(C)N(C1CCCC1)S(=O)(=O)c1cc(Br)ccc1F. The van der Waals surface area contributed by atoms with Crippen LogP contribution in [0.1, 0.15) is 39.5 Å². The van der Waals surface area contributed by atoms with Gasteiger partial charge in [0.25, 0.3) is 0 Å². The quantitative estimate of drug-likeness (QED) is 0.812. The number of hydrogen-bond acceptors (Lipinski definition) is 2. The Morgan fingerprint density at radius 3 is 2.45 bits per heavy atom.